The summed E-state index contributed by atoms with van der Waals surface area (Å²) in [4.78, 5) is 15.0. The van der Waals surface area contributed by atoms with E-state index in [0.29, 0.717) is 18.5 Å². The molecule has 2 amide bonds. The zero-order valence-electron chi connectivity index (χ0n) is 16.1. The highest BCUT2D eigenvalue weighted by atomic mass is 16.5. The van der Waals surface area contributed by atoms with Gasteiger partial charge in [-0.25, -0.2) is 4.79 Å². The number of fused-ring (bicyclic) bond motifs is 1. The first-order valence-corrected chi connectivity index (χ1v) is 10.1. The normalized spacial score (nSPS) is 22.0. The second-order valence-corrected chi connectivity index (χ2v) is 7.39. The van der Waals surface area contributed by atoms with Crippen LogP contribution in [0.4, 0.5) is 4.79 Å². The average Bonchev–Trinajstić information content (AvgIpc) is 3.16. The third-order valence-corrected chi connectivity index (χ3v) is 5.94. The average molecular weight is 364 g/mol. The van der Waals surface area contributed by atoms with Crippen molar-refractivity contribution in [3.05, 3.63) is 23.7 Å². The highest BCUT2D eigenvalue weighted by Gasteiger charge is 2.28. The number of furan rings is 1. The van der Waals surface area contributed by atoms with Crippen LogP contribution in [0, 0.1) is 5.92 Å². The van der Waals surface area contributed by atoms with Crippen molar-refractivity contribution in [3.8, 4) is 0 Å². The minimum Gasteiger partial charge on any atom is -0.469 e. The molecule has 146 valence electrons. The molecule has 2 atom stereocenters. The van der Waals surface area contributed by atoms with Gasteiger partial charge in [0.15, 0.2) is 0 Å². The van der Waals surface area contributed by atoms with Gasteiger partial charge in [0.1, 0.15) is 5.76 Å². The van der Waals surface area contributed by atoms with Crippen LogP contribution in [0.2, 0.25) is 0 Å². The highest BCUT2D eigenvalue weighted by molar-refractivity contribution is 5.74. The Bertz CT molecular complexity index is 564. The predicted molar refractivity (Wildman–Crippen MR) is 101 cm³/mol. The fourth-order valence-corrected chi connectivity index (χ4v) is 4.38. The molecule has 26 heavy (non-hydrogen) atoms. The van der Waals surface area contributed by atoms with Gasteiger partial charge in [0.2, 0.25) is 0 Å². The van der Waals surface area contributed by atoms with E-state index in [1.54, 1.807) is 6.26 Å². The zero-order chi connectivity index (χ0) is 18.4. The summed E-state index contributed by atoms with van der Waals surface area (Å²) in [6, 6.07) is 2.34. The second-order valence-electron chi connectivity index (χ2n) is 7.39. The quantitative estimate of drug-likeness (QED) is 0.781. The number of nitrogens with zero attached hydrogens (tertiary/aromatic N) is 1. The Labute approximate surface area is 156 Å². The number of carbonyl (C=O) groups excluding carboxylic acids is 1. The molecule has 1 aromatic rings. The fraction of sp³-hybridized carbons (Fsp3) is 0.750. The molecule has 2 heterocycles. The van der Waals surface area contributed by atoms with E-state index in [1.165, 1.54) is 0 Å². The number of ether oxygens (including phenoxy) is 1. The van der Waals surface area contributed by atoms with Gasteiger partial charge >= 0.3 is 6.03 Å². The second kappa shape index (κ2) is 9.42. The van der Waals surface area contributed by atoms with Crippen molar-refractivity contribution >= 4 is 6.03 Å². The SMILES string of the molecule is CCC(CC)C(CNC(=O)NC1CCCc2occc21)N1CCOCC1. The Balaban J connectivity index is 1.55. The Hall–Kier alpha value is -1.53. The molecular weight excluding hydrogens is 330 g/mol. The summed E-state index contributed by atoms with van der Waals surface area (Å²) < 4.78 is 11.0. The van der Waals surface area contributed by atoms with Gasteiger partial charge in [-0.05, 0) is 24.8 Å². The van der Waals surface area contributed by atoms with Crippen molar-refractivity contribution < 1.29 is 13.9 Å². The van der Waals surface area contributed by atoms with Crippen molar-refractivity contribution in [3.63, 3.8) is 0 Å². The van der Waals surface area contributed by atoms with Gasteiger partial charge in [-0.3, -0.25) is 4.90 Å². The summed E-state index contributed by atoms with van der Waals surface area (Å²) in [5.74, 6) is 1.60. The van der Waals surface area contributed by atoms with Gasteiger partial charge < -0.3 is 19.8 Å². The van der Waals surface area contributed by atoms with Crippen molar-refractivity contribution in [1.29, 1.82) is 0 Å². The number of amides is 2. The van der Waals surface area contributed by atoms with Gasteiger partial charge in [0.25, 0.3) is 0 Å². The molecule has 1 aliphatic heterocycles. The van der Waals surface area contributed by atoms with Crippen LogP contribution in [-0.2, 0) is 11.2 Å². The standard InChI is InChI=1S/C20H33N3O3/c1-3-15(4-2)18(23-9-12-25-13-10-23)14-21-20(24)22-17-6-5-7-19-16(17)8-11-26-19/h8,11,15,17-18H,3-7,9-10,12-14H2,1-2H3,(H2,21,22,24). The Morgan fingerprint density at radius 3 is 2.81 bits per heavy atom. The van der Waals surface area contributed by atoms with Gasteiger partial charge in [0.05, 0.1) is 25.5 Å². The van der Waals surface area contributed by atoms with E-state index < -0.39 is 0 Å². The zero-order valence-corrected chi connectivity index (χ0v) is 16.1. The summed E-state index contributed by atoms with van der Waals surface area (Å²) in [6.07, 6.45) is 6.97. The van der Waals surface area contributed by atoms with E-state index in [2.05, 4.69) is 29.4 Å². The van der Waals surface area contributed by atoms with Crippen LogP contribution < -0.4 is 10.6 Å². The van der Waals surface area contributed by atoms with Gasteiger partial charge in [-0.15, -0.1) is 0 Å². The summed E-state index contributed by atoms with van der Waals surface area (Å²) in [5.41, 5.74) is 1.14. The van der Waals surface area contributed by atoms with Crippen LogP contribution in [-0.4, -0.2) is 49.8 Å². The lowest BCUT2D eigenvalue weighted by atomic mass is 9.92. The van der Waals surface area contributed by atoms with E-state index in [0.717, 1.165) is 69.7 Å². The molecule has 0 saturated carbocycles. The van der Waals surface area contributed by atoms with Crippen molar-refractivity contribution in [2.24, 2.45) is 5.92 Å². The lowest BCUT2D eigenvalue weighted by Gasteiger charge is -2.39. The minimum absolute atomic E-state index is 0.0625. The largest absolute Gasteiger partial charge is 0.469 e. The third-order valence-electron chi connectivity index (χ3n) is 5.94. The molecule has 1 fully saturated rings. The molecular formula is C20H33N3O3. The molecule has 0 aromatic carbocycles. The minimum atomic E-state index is -0.0757. The molecule has 2 unspecified atom stereocenters. The van der Waals surface area contributed by atoms with E-state index in [1.807, 2.05) is 6.07 Å². The molecule has 1 aromatic heterocycles. The van der Waals surface area contributed by atoms with Crippen molar-refractivity contribution in [2.45, 2.75) is 58.0 Å². The number of rotatable bonds is 7. The van der Waals surface area contributed by atoms with E-state index >= 15 is 0 Å². The first-order chi connectivity index (χ1) is 12.7. The van der Waals surface area contributed by atoms with Gasteiger partial charge in [0, 0.05) is 37.7 Å². The molecule has 3 rings (SSSR count). The highest BCUT2D eigenvalue weighted by Crippen LogP contribution is 2.30. The van der Waals surface area contributed by atoms with Crippen LogP contribution in [0.1, 0.15) is 56.9 Å². The van der Waals surface area contributed by atoms with Crippen LogP contribution in [0.15, 0.2) is 16.7 Å². The molecule has 0 spiro atoms. The first kappa shape index (κ1) is 19.2. The Morgan fingerprint density at radius 2 is 2.08 bits per heavy atom. The number of hydrogen-bond acceptors (Lipinski definition) is 4. The van der Waals surface area contributed by atoms with E-state index in [9.17, 15) is 4.79 Å². The number of urea groups is 1. The monoisotopic (exact) mass is 363 g/mol. The summed E-state index contributed by atoms with van der Waals surface area (Å²) in [5, 5.41) is 6.28. The number of morpholine rings is 1. The maximum atomic E-state index is 12.5. The van der Waals surface area contributed by atoms with Gasteiger partial charge in [-0.1, -0.05) is 26.7 Å². The summed E-state index contributed by atoms with van der Waals surface area (Å²) in [7, 11) is 0. The number of aryl methyl sites for hydroxylation is 1. The van der Waals surface area contributed by atoms with Gasteiger partial charge in [-0.2, -0.15) is 0 Å². The molecule has 2 aliphatic rings. The summed E-state index contributed by atoms with van der Waals surface area (Å²) >= 11 is 0. The van der Waals surface area contributed by atoms with Crippen LogP contribution >= 0.6 is 0 Å². The smallest absolute Gasteiger partial charge is 0.315 e. The predicted octanol–water partition coefficient (Wildman–Crippen LogP) is 3.09. The number of carbonyl (C=O) groups is 1. The maximum absolute atomic E-state index is 12.5. The number of nitrogens with one attached hydrogen (secondary N) is 2. The fourth-order valence-electron chi connectivity index (χ4n) is 4.38. The van der Waals surface area contributed by atoms with Crippen molar-refractivity contribution in [1.82, 2.24) is 15.5 Å². The molecule has 1 aliphatic carbocycles. The Morgan fingerprint density at radius 1 is 1.31 bits per heavy atom. The van der Waals surface area contributed by atoms with Crippen LogP contribution in [0.25, 0.3) is 0 Å². The van der Waals surface area contributed by atoms with E-state index in [-0.39, 0.29) is 12.1 Å². The third kappa shape index (κ3) is 4.60. The topological polar surface area (TPSA) is 66.7 Å². The Kier molecular flexibility index (Phi) is 6.97. The molecule has 0 radical (unpaired) electrons. The maximum Gasteiger partial charge on any atom is 0.315 e. The molecule has 0 bridgehead atoms. The molecule has 6 heteroatoms. The molecule has 2 N–H and O–H groups in total. The lowest BCUT2D eigenvalue weighted by molar-refractivity contribution is 0.00236. The molecule has 1 saturated heterocycles. The van der Waals surface area contributed by atoms with Crippen LogP contribution in [0.3, 0.4) is 0 Å². The van der Waals surface area contributed by atoms with Crippen molar-refractivity contribution in [2.75, 3.05) is 32.8 Å². The molecule has 6 nitrogen and oxygen atoms in total. The lowest BCUT2D eigenvalue weighted by Crippen LogP contribution is -2.53. The van der Waals surface area contributed by atoms with E-state index in [4.69, 9.17) is 9.15 Å². The first-order valence-electron chi connectivity index (χ1n) is 10.1. The number of hydrogen-bond donors (Lipinski definition) is 2. The summed E-state index contributed by atoms with van der Waals surface area (Å²) in [6.45, 7) is 8.64. The van der Waals surface area contributed by atoms with Crippen LogP contribution in [0.5, 0.6) is 0 Å².